The van der Waals surface area contributed by atoms with Gasteiger partial charge < -0.3 is 14.0 Å². The van der Waals surface area contributed by atoms with Crippen LogP contribution in [-0.4, -0.2) is 45.0 Å². The van der Waals surface area contributed by atoms with E-state index in [9.17, 15) is 13.2 Å². The van der Waals surface area contributed by atoms with Gasteiger partial charge in [-0.2, -0.15) is 4.99 Å². The summed E-state index contributed by atoms with van der Waals surface area (Å²) in [4.78, 5) is 17.8. The first-order valence-corrected chi connectivity index (χ1v) is 12.0. The molecule has 3 aromatic rings. The van der Waals surface area contributed by atoms with Crippen molar-refractivity contribution in [3.63, 3.8) is 0 Å². The zero-order valence-corrected chi connectivity index (χ0v) is 18.8. The fraction of sp³-hybridized carbons (Fsp3) is 0.333. The van der Waals surface area contributed by atoms with Gasteiger partial charge in [-0.25, -0.2) is 8.42 Å². The highest BCUT2D eigenvalue weighted by Gasteiger charge is 2.14. The Hall–Kier alpha value is -2.49. The fourth-order valence-corrected chi connectivity index (χ4v) is 4.87. The fourth-order valence-electron chi connectivity index (χ4n) is 2.91. The molecule has 9 heteroatoms. The lowest BCUT2D eigenvalue weighted by Gasteiger charge is -2.06. The first-order valence-electron chi connectivity index (χ1n) is 9.56. The van der Waals surface area contributed by atoms with Crippen LogP contribution in [0.1, 0.15) is 24.2 Å². The number of hydrogen-bond donors (Lipinski definition) is 0. The highest BCUT2D eigenvalue weighted by Crippen LogP contribution is 2.23. The van der Waals surface area contributed by atoms with Gasteiger partial charge in [0, 0.05) is 18.7 Å². The van der Waals surface area contributed by atoms with Crippen molar-refractivity contribution < 1.29 is 22.7 Å². The number of ether oxygens (including phenoxy) is 2. The van der Waals surface area contributed by atoms with Crippen molar-refractivity contribution in [1.82, 2.24) is 4.57 Å². The summed E-state index contributed by atoms with van der Waals surface area (Å²) in [5.41, 5.74) is 1.27. The Kier molecular flexibility index (Phi) is 7.06. The van der Waals surface area contributed by atoms with E-state index < -0.39 is 15.7 Å². The molecular weight excluding hydrogens is 424 g/mol. The van der Waals surface area contributed by atoms with E-state index in [2.05, 4.69) is 4.99 Å². The van der Waals surface area contributed by atoms with Crippen molar-refractivity contribution in [2.45, 2.75) is 25.3 Å². The molecule has 0 aliphatic rings. The lowest BCUT2D eigenvalue weighted by Crippen LogP contribution is -2.19. The molecule has 0 saturated heterocycles. The van der Waals surface area contributed by atoms with Crippen LogP contribution in [0.2, 0.25) is 0 Å². The number of rotatable bonds is 8. The average molecular weight is 449 g/mol. The number of nitrogens with zero attached hydrogens (tertiary/aromatic N) is 2. The standard InChI is InChI=1S/C21H24N2O5S2/c1-4-28-13-12-23-18-11-8-16(27-3)14-19(18)29-21(23)22-20(24)15-6-9-17(10-7-15)30(25,26)5-2/h6-11,14H,4-5,12-13H2,1-3H3. The summed E-state index contributed by atoms with van der Waals surface area (Å²) in [5.74, 6) is 0.306. The Bertz CT molecular complexity index is 1210. The first kappa shape index (κ1) is 22.2. The third kappa shape index (κ3) is 4.80. The highest BCUT2D eigenvalue weighted by molar-refractivity contribution is 7.91. The van der Waals surface area contributed by atoms with Gasteiger partial charge in [0.05, 0.1) is 34.6 Å². The maximum atomic E-state index is 12.7. The van der Waals surface area contributed by atoms with Gasteiger partial charge in [0.15, 0.2) is 14.6 Å². The third-order valence-electron chi connectivity index (χ3n) is 4.59. The second-order valence-corrected chi connectivity index (χ2v) is 9.70. The summed E-state index contributed by atoms with van der Waals surface area (Å²) in [5, 5.41) is 0. The predicted octanol–water partition coefficient (Wildman–Crippen LogP) is 3.28. The number of aromatic nitrogens is 1. The van der Waals surface area contributed by atoms with Gasteiger partial charge in [-0.3, -0.25) is 4.79 Å². The second-order valence-electron chi connectivity index (χ2n) is 6.41. The summed E-state index contributed by atoms with van der Waals surface area (Å²) < 4.78 is 37.6. The van der Waals surface area contributed by atoms with Gasteiger partial charge in [-0.15, -0.1) is 0 Å². The molecule has 7 nitrogen and oxygen atoms in total. The summed E-state index contributed by atoms with van der Waals surface area (Å²) >= 11 is 1.39. The monoisotopic (exact) mass is 448 g/mol. The maximum Gasteiger partial charge on any atom is 0.279 e. The van der Waals surface area contributed by atoms with Crippen LogP contribution in [-0.2, 0) is 21.1 Å². The van der Waals surface area contributed by atoms with Gasteiger partial charge >= 0.3 is 0 Å². The van der Waals surface area contributed by atoms with E-state index >= 15 is 0 Å². The molecule has 1 heterocycles. The smallest absolute Gasteiger partial charge is 0.279 e. The molecule has 0 aliphatic carbocycles. The third-order valence-corrected chi connectivity index (χ3v) is 7.38. The van der Waals surface area contributed by atoms with Crippen LogP contribution in [0.25, 0.3) is 10.2 Å². The van der Waals surface area contributed by atoms with Gasteiger partial charge in [0.1, 0.15) is 5.75 Å². The number of methoxy groups -OCH3 is 1. The number of carbonyl (C=O) groups excluding carboxylic acids is 1. The quantitative estimate of drug-likeness (QED) is 0.494. The summed E-state index contributed by atoms with van der Waals surface area (Å²) in [6, 6.07) is 11.6. The zero-order chi connectivity index (χ0) is 21.7. The molecule has 3 rings (SSSR count). The molecular formula is C21H24N2O5S2. The number of thiazole rings is 1. The van der Waals surface area contributed by atoms with Gasteiger partial charge in [-0.05, 0) is 49.4 Å². The van der Waals surface area contributed by atoms with Crippen molar-refractivity contribution in [1.29, 1.82) is 0 Å². The Balaban J connectivity index is 2.01. The van der Waals surface area contributed by atoms with E-state index in [0.717, 1.165) is 16.0 Å². The minimum Gasteiger partial charge on any atom is -0.497 e. The second kappa shape index (κ2) is 9.55. The minimum absolute atomic E-state index is 0.00967. The molecule has 1 aromatic heterocycles. The SMILES string of the molecule is CCOCCn1c(=NC(=O)c2ccc(S(=O)(=O)CC)cc2)sc2cc(OC)ccc21. The van der Waals surface area contributed by atoms with Gasteiger partial charge in [0.25, 0.3) is 5.91 Å². The molecule has 0 spiro atoms. The number of fused-ring (bicyclic) bond motifs is 1. The molecule has 160 valence electrons. The van der Waals surface area contributed by atoms with Crippen LogP contribution in [0.5, 0.6) is 5.75 Å². The molecule has 0 bridgehead atoms. The van der Waals surface area contributed by atoms with E-state index in [4.69, 9.17) is 9.47 Å². The molecule has 0 saturated carbocycles. The van der Waals surface area contributed by atoms with Crippen LogP contribution in [0, 0.1) is 0 Å². The van der Waals surface area contributed by atoms with Crippen molar-refractivity contribution in [3.8, 4) is 5.75 Å². The maximum absolute atomic E-state index is 12.7. The van der Waals surface area contributed by atoms with Crippen LogP contribution in [0.4, 0.5) is 0 Å². The van der Waals surface area contributed by atoms with E-state index in [1.54, 1.807) is 14.0 Å². The molecule has 0 radical (unpaired) electrons. The molecule has 0 atom stereocenters. The Morgan fingerprint density at radius 1 is 1.13 bits per heavy atom. The topological polar surface area (TPSA) is 87.0 Å². The zero-order valence-electron chi connectivity index (χ0n) is 17.1. The van der Waals surface area contributed by atoms with E-state index in [-0.39, 0.29) is 10.6 Å². The molecule has 2 aromatic carbocycles. The Labute approximate surface area is 179 Å². The summed E-state index contributed by atoms with van der Waals surface area (Å²) in [7, 11) is -1.71. The first-order chi connectivity index (χ1) is 14.4. The van der Waals surface area contributed by atoms with Crippen molar-refractivity contribution >= 4 is 37.3 Å². The van der Waals surface area contributed by atoms with Crippen molar-refractivity contribution in [2.75, 3.05) is 26.1 Å². The molecule has 0 N–H and O–H groups in total. The summed E-state index contributed by atoms with van der Waals surface area (Å²) in [6.07, 6.45) is 0. The number of amides is 1. The van der Waals surface area contributed by atoms with Crippen molar-refractivity contribution in [2.24, 2.45) is 4.99 Å². The van der Waals surface area contributed by atoms with Gasteiger partial charge in [0.2, 0.25) is 0 Å². The Morgan fingerprint density at radius 3 is 2.50 bits per heavy atom. The van der Waals surface area contributed by atoms with Crippen LogP contribution in [0.15, 0.2) is 52.4 Å². The normalized spacial score (nSPS) is 12.4. The number of sulfone groups is 1. The summed E-state index contributed by atoms with van der Waals surface area (Å²) in [6.45, 7) is 5.17. The van der Waals surface area contributed by atoms with Crippen molar-refractivity contribution in [3.05, 3.63) is 52.8 Å². The van der Waals surface area contributed by atoms with E-state index in [1.165, 1.54) is 35.6 Å². The molecule has 0 unspecified atom stereocenters. The van der Waals surface area contributed by atoms with Gasteiger partial charge in [-0.1, -0.05) is 18.3 Å². The lowest BCUT2D eigenvalue weighted by atomic mass is 10.2. The Morgan fingerprint density at radius 2 is 1.87 bits per heavy atom. The highest BCUT2D eigenvalue weighted by atomic mass is 32.2. The van der Waals surface area contributed by atoms with Crippen LogP contribution >= 0.6 is 11.3 Å². The largest absolute Gasteiger partial charge is 0.497 e. The van der Waals surface area contributed by atoms with Crippen LogP contribution < -0.4 is 9.54 Å². The predicted molar refractivity (Wildman–Crippen MR) is 117 cm³/mol. The number of benzene rings is 2. The van der Waals surface area contributed by atoms with E-state index in [1.807, 2.05) is 29.7 Å². The number of hydrogen-bond acceptors (Lipinski definition) is 6. The molecule has 1 amide bonds. The lowest BCUT2D eigenvalue weighted by molar-refractivity contribution is 0.0996. The molecule has 0 aliphatic heterocycles. The molecule has 0 fully saturated rings. The molecule has 30 heavy (non-hydrogen) atoms. The average Bonchev–Trinajstić information content (AvgIpc) is 3.10. The van der Waals surface area contributed by atoms with Crippen LogP contribution in [0.3, 0.4) is 0 Å². The number of carbonyl (C=O) groups is 1. The van der Waals surface area contributed by atoms with E-state index in [0.29, 0.717) is 30.1 Å². The minimum atomic E-state index is -3.31.